The van der Waals surface area contributed by atoms with E-state index in [1.54, 1.807) is 0 Å². The van der Waals surface area contributed by atoms with Crippen LogP contribution in [-0.2, 0) is 15.8 Å². The van der Waals surface area contributed by atoms with Gasteiger partial charge in [-0.05, 0) is 24.6 Å². The van der Waals surface area contributed by atoms with E-state index in [1.807, 2.05) is 12.2 Å². The number of alkyl halides is 3. The molecule has 1 aromatic rings. The third-order valence-corrected chi connectivity index (χ3v) is 2.79. The Morgan fingerprint density at radius 3 is 2.48 bits per heavy atom. The van der Waals surface area contributed by atoms with Gasteiger partial charge in [-0.1, -0.05) is 24.9 Å². The van der Waals surface area contributed by atoms with Gasteiger partial charge in [0.05, 0.1) is 11.3 Å². The van der Waals surface area contributed by atoms with Gasteiger partial charge in [-0.2, -0.15) is 13.2 Å². The topological polar surface area (TPSA) is 58.2 Å². The predicted octanol–water partition coefficient (Wildman–Crippen LogP) is 3.21. The number of nitrogens with one attached hydrogen (secondary N) is 2. The molecule has 0 heterocycles. The molecule has 4 nitrogen and oxygen atoms in total. The molecule has 0 aliphatic heterocycles. The van der Waals surface area contributed by atoms with E-state index in [0.717, 1.165) is 12.5 Å². The third kappa shape index (κ3) is 5.26. The van der Waals surface area contributed by atoms with E-state index in [4.69, 9.17) is 11.6 Å². The van der Waals surface area contributed by atoms with Crippen LogP contribution in [0.4, 0.5) is 18.9 Å². The Kier molecular flexibility index (Phi) is 6.02. The third-order valence-electron chi connectivity index (χ3n) is 2.56. The van der Waals surface area contributed by atoms with Gasteiger partial charge in [0.25, 0.3) is 0 Å². The van der Waals surface area contributed by atoms with Crippen LogP contribution >= 0.6 is 11.6 Å². The molecule has 21 heavy (non-hydrogen) atoms. The number of hydrogen-bond donors (Lipinski definition) is 2. The van der Waals surface area contributed by atoms with E-state index in [-0.39, 0.29) is 11.6 Å². The van der Waals surface area contributed by atoms with Crippen LogP contribution in [0.1, 0.15) is 25.3 Å². The van der Waals surface area contributed by atoms with Gasteiger partial charge in [-0.15, -0.1) is 0 Å². The minimum absolute atomic E-state index is 0.118. The number of benzene rings is 1. The van der Waals surface area contributed by atoms with Crippen molar-refractivity contribution in [3.05, 3.63) is 28.8 Å². The minimum Gasteiger partial charge on any atom is -0.348 e. The summed E-state index contributed by atoms with van der Waals surface area (Å²) in [6.07, 6.45) is -3.20. The molecule has 2 N–H and O–H groups in total. The van der Waals surface area contributed by atoms with Crippen molar-refractivity contribution in [3.63, 3.8) is 0 Å². The number of rotatable bonds is 4. The molecule has 0 spiro atoms. The lowest BCUT2D eigenvalue weighted by Gasteiger charge is -2.14. The lowest BCUT2D eigenvalue weighted by molar-refractivity contribution is -0.138. The zero-order valence-electron chi connectivity index (χ0n) is 11.2. The van der Waals surface area contributed by atoms with Crippen molar-refractivity contribution in [1.29, 1.82) is 0 Å². The number of amides is 2. The molecule has 1 rings (SSSR count). The summed E-state index contributed by atoms with van der Waals surface area (Å²) in [5, 5.41) is 4.14. The molecule has 1 aromatic carbocycles. The van der Waals surface area contributed by atoms with Crippen LogP contribution in [0.5, 0.6) is 0 Å². The molecule has 0 aromatic heterocycles. The molecule has 0 aliphatic carbocycles. The summed E-state index contributed by atoms with van der Waals surface area (Å²) in [6, 6.07) is 2.88. The van der Waals surface area contributed by atoms with Crippen molar-refractivity contribution >= 4 is 29.1 Å². The van der Waals surface area contributed by atoms with E-state index < -0.39 is 29.2 Å². The molecule has 0 atom stereocenters. The second kappa shape index (κ2) is 7.31. The lowest BCUT2D eigenvalue weighted by atomic mass is 10.1. The maximum atomic E-state index is 12.8. The van der Waals surface area contributed by atoms with Crippen LogP contribution < -0.4 is 10.6 Å². The van der Waals surface area contributed by atoms with Crippen LogP contribution in [-0.4, -0.2) is 18.4 Å². The first-order valence-electron chi connectivity index (χ1n) is 6.21. The minimum atomic E-state index is -4.69. The second-order valence-corrected chi connectivity index (χ2v) is 4.69. The van der Waals surface area contributed by atoms with Gasteiger partial charge in [0.2, 0.25) is 0 Å². The largest absolute Gasteiger partial charge is 0.418 e. The molecule has 0 fully saturated rings. The molecule has 0 aliphatic rings. The van der Waals surface area contributed by atoms with E-state index >= 15 is 0 Å². The Hall–Kier alpha value is -1.76. The predicted molar refractivity (Wildman–Crippen MR) is 73.0 cm³/mol. The highest BCUT2D eigenvalue weighted by atomic mass is 35.5. The lowest BCUT2D eigenvalue weighted by Crippen LogP contribution is -2.36. The van der Waals surface area contributed by atoms with E-state index in [0.29, 0.717) is 12.5 Å². The molecule has 2 amide bonds. The van der Waals surface area contributed by atoms with Gasteiger partial charge in [0, 0.05) is 11.6 Å². The highest BCUT2D eigenvalue weighted by Gasteiger charge is 2.34. The van der Waals surface area contributed by atoms with Crippen molar-refractivity contribution in [2.45, 2.75) is 25.9 Å². The molecule has 116 valence electrons. The molecular weight excluding hydrogens is 309 g/mol. The van der Waals surface area contributed by atoms with Gasteiger partial charge in [-0.25, -0.2) is 0 Å². The zero-order chi connectivity index (χ0) is 16.0. The molecule has 0 bridgehead atoms. The van der Waals surface area contributed by atoms with Crippen molar-refractivity contribution < 1.29 is 22.8 Å². The number of hydrogen-bond acceptors (Lipinski definition) is 2. The maximum Gasteiger partial charge on any atom is 0.418 e. The highest BCUT2D eigenvalue weighted by molar-refractivity contribution is 6.39. The van der Waals surface area contributed by atoms with Gasteiger partial charge in [0.15, 0.2) is 0 Å². The maximum absolute atomic E-state index is 12.8. The zero-order valence-corrected chi connectivity index (χ0v) is 11.9. The smallest absolute Gasteiger partial charge is 0.348 e. The first-order valence-corrected chi connectivity index (χ1v) is 6.59. The number of halogens is 4. The van der Waals surface area contributed by atoms with Gasteiger partial charge in [-0.3, -0.25) is 9.59 Å². The standard InChI is InChI=1S/C13H14ClF3N2O2/c1-2-3-6-18-11(20)12(21)19-10-5-4-8(14)7-9(10)13(15,16)17/h4-5,7H,2-3,6H2,1H3,(H,18,20)(H,19,21). The Balaban J connectivity index is 2.83. The SMILES string of the molecule is CCCCNC(=O)C(=O)Nc1ccc(Cl)cc1C(F)(F)F. The normalized spacial score (nSPS) is 11.1. The van der Waals surface area contributed by atoms with Crippen LogP contribution in [0.2, 0.25) is 5.02 Å². The van der Waals surface area contributed by atoms with Crippen molar-refractivity contribution in [2.24, 2.45) is 0 Å². The Bertz CT molecular complexity index is 533. The average molecular weight is 323 g/mol. The van der Waals surface area contributed by atoms with Crippen molar-refractivity contribution in [1.82, 2.24) is 5.32 Å². The van der Waals surface area contributed by atoms with Crippen LogP contribution in [0.3, 0.4) is 0 Å². The molecule has 0 saturated heterocycles. The fourth-order valence-corrected chi connectivity index (χ4v) is 1.67. The quantitative estimate of drug-likeness (QED) is 0.660. The summed E-state index contributed by atoms with van der Waals surface area (Å²) in [6.45, 7) is 2.19. The first kappa shape index (κ1) is 17.3. The summed E-state index contributed by atoms with van der Waals surface area (Å²) in [7, 11) is 0. The number of carbonyl (C=O) groups excluding carboxylic acids is 2. The number of carbonyl (C=O) groups is 2. The number of unbranched alkanes of at least 4 members (excludes halogenated alkanes) is 1. The Morgan fingerprint density at radius 1 is 1.24 bits per heavy atom. The summed E-state index contributed by atoms with van der Waals surface area (Å²) >= 11 is 5.51. The summed E-state index contributed by atoms with van der Waals surface area (Å²) < 4.78 is 38.5. The second-order valence-electron chi connectivity index (χ2n) is 4.25. The van der Waals surface area contributed by atoms with Crippen LogP contribution in [0.25, 0.3) is 0 Å². The number of anilines is 1. The van der Waals surface area contributed by atoms with Crippen molar-refractivity contribution in [2.75, 3.05) is 11.9 Å². The fraction of sp³-hybridized carbons (Fsp3) is 0.385. The van der Waals surface area contributed by atoms with Gasteiger partial charge < -0.3 is 10.6 Å². The summed E-state index contributed by atoms with van der Waals surface area (Å²) in [5.74, 6) is -2.13. The van der Waals surface area contributed by atoms with Crippen molar-refractivity contribution in [3.8, 4) is 0 Å². The van der Waals surface area contributed by atoms with E-state index in [2.05, 4.69) is 5.32 Å². The molecule has 0 radical (unpaired) electrons. The van der Waals surface area contributed by atoms with Crippen LogP contribution in [0, 0.1) is 0 Å². The average Bonchev–Trinajstić information content (AvgIpc) is 2.39. The summed E-state index contributed by atoms with van der Waals surface area (Å²) in [4.78, 5) is 23.0. The molecule has 0 saturated carbocycles. The molecule has 8 heteroatoms. The van der Waals surface area contributed by atoms with Crippen LogP contribution in [0.15, 0.2) is 18.2 Å². The highest BCUT2D eigenvalue weighted by Crippen LogP contribution is 2.36. The van der Waals surface area contributed by atoms with Gasteiger partial charge in [0.1, 0.15) is 0 Å². The summed E-state index contributed by atoms with van der Waals surface area (Å²) in [5.41, 5.74) is -1.62. The fourth-order valence-electron chi connectivity index (χ4n) is 1.50. The van der Waals surface area contributed by atoms with E-state index in [1.165, 1.54) is 6.07 Å². The van der Waals surface area contributed by atoms with Gasteiger partial charge >= 0.3 is 18.0 Å². The Morgan fingerprint density at radius 2 is 1.90 bits per heavy atom. The Labute approximate surface area is 124 Å². The first-order chi connectivity index (χ1) is 9.75. The molecule has 0 unspecified atom stereocenters. The molecular formula is C13H14ClF3N2O2. The van der Waals surface area contributed by atoms with E-state index in [9.17, 15) is 22.8 Å². The monoisotopic (exact) mass is 322 g/mol.